The van der Waals surface area contributed by atoms with Crippen molar-refractivity contribution < 1.29 is 19.4 Å². The Labute approximate surface area is 133 Å². The minimum absolute atomic E-state index is 0.273. The van der Waals surface area contributed by atoms with Gasteiger partial charge >= 0.3 is 5.97 Å². The molecule has 0 fully saturated rings. The molecule has 22 heavy (non-hydrogen) atoms. The molecule has 1 aromatic rings. The average Bonchev–Trinajstić information content (AvgIpc) is 2.45. The number of hydrogen-bond donors (Lipinski definition) is 2. The number of carbonyl (C=O) groups is 1. The Hall–Kier alpha value is -1.75. The van der Waals surface area contributed by atoms with E-state index in [9.17, 15) is 4.79 Å². The molecule has 3 N–H and O–H groups in total. The number of ether oxygens (including phenoxy) is 2. The third-order valence-electron chi connectivity index (χ3n) is 3.02. The first-order chi connectivity index (χ1) is 10.2. The van der Waals surface area contributed by atoms with Crippen LogP contribution in [0.5, 0.6) is 11.5 Å². The fraction of sp³-hybridized carbons (Fsp3) is 0.588. The number of nitrogens with two attached hydrogens (primary N) is 1. The van der Waals surface area contributed by atoms with Gasteiger partial charge in [-0.05, 0) is 36.5 Å². The van der Waals surface area contributed by atoms with Crippen LogP contribution in [0.4, 0.5) is 0 Å². The molecule has 0 spiro atoms. The van der Waals surface area contributed by atoms with Gasteiger partial charge in [0.2, 0.25) is 0 Å². The van der Waals surface area contributed by atoms with Crippen LogP contribution in [-0.4, -0.2) is 25.3 Å². The summed E-state index contributed by atoms with van der Waals surface area (Å²) in [5.41, 5.74) is 6.74. The molecule has 0 unspecified atom stereocenters. The molecule has 0 radical (unpaired) electrons. The van der Waals surface area contributed by atoms with Crippen LogP contribution in [0.15, 0.2) is 18.2 Å². The Morgan fingerprint density at radius 3 is 2.27 bits per heavy atom. The van der Waals surface area contributed by atoms with E-state index < -0.39 is 5.97 Å². The zero-order valence-corrected chi connectivity index (χ0v) is 14.3. The SMILES string of the molecule is CC(C)(C)CCCC(=O)O.COc1ccc(OC)c(CN)c1. The van der Waals surface area contributed by atoms with E-state index in [1.165, 1.54) is 0 Å². The van der Waals surface area contributed by atoms with Gasteiger partial charge in [-0.1, -0.05) is 20.8 Å². The van der Waals surface area contributed by atoms with E-state index in [0.29, 0.717) is 13.0 Å². The van der Waals surface area contributed by atoms with Gasteiger partial charge in [0.05, 0.1) is 14.2 Å². The quantitative estimate of drug-likeness (QED) is 0.841. The van der Waals surface area contributed by atoms with E-state index in [1.807, 2.05) is 18.2 Å². The second-order valence-corrected chi connectivity index (χ2v) is 6.19. The standard InChI is InChI=1S/C9H13NO2.C8H16O2/c1-11-8-3-4-9(12-2)7(5-8)6-10;1-8(2,3)6-4-5-7(9)10/h3-5H,6,10H2,1-2H3;4-6H2,1-3H3,(H,9,10). The maximum Gasteiger partial charge on any atom is 0.303 e. The Kier molecular flexibility index (Phi) is 9.26. The summed E-state index contributed by atoms with van der Waals surface area (Å²) in [5, 5.41) is 8.31. The van der Waals surface area contributed by atoms with Crippen LogP contribution in [0.1, 0.15) is 45.6 Å². The van der Waals surface area contributed by atoms with Crippen molar-refractivity contribution in [2.24, 2.45) is 11.1 Å². The third kappa shape index (κ3) is 9.23. The van der Waals surface area contributed by atoms with E-state index in [2.05, 4.69) is 20.8 Å². The van der Waals surface area contributed by atoms with Crippen molar-refractivity contribution in [2.75, 3.05) is 14.2 Å². The monoisotopic (exact) mass is 311 g/mol. The molecule has 0 saturated heterocycles. The van der Waals surface area contributed by atoms with Crippen molar-refractivity contribution >= 4 is 5.97 Å². The Bertz CT molecular complexity index is 452. The van der Waals surface area contributed by atoms with Crippen LogP contribution >= 0.6 is 0 Å². The molecule has 0 aromatic heterocycles. The number of methoxy groups -OCH3 is 2. The highest BCUT2D eigenvalue weighted by Crippen LogP contribution is 2.23. The first-order valence-corrected chi connectivity index (χ1v) is 7.36. The lowest BCUT2D eigenvalue weighted by Crippen LogP contribution is -2.05. The smallest absolute Gasteiger partial charge is 0.303 e. The molecule has 0 amide bonds. The fourth-order valence-corrected chi connectivity index (χ4v) is 1.81. The topological polar surface area (TPSA) is 81.8 Å². The van der Waals surface area contributed by atoms with Crippen molar-refractivity contribution in [2.45, 2.75) is 46.6 Å². The maximum atomic E-state index is 10.1. The van der Waals surface area contributed by atoms with E-state index in [1.54, 1.807) is 14.2 Å². The predicted molar refractivity (Wildman–Crippen MR) is 88.4 cm³/mol. The van der Waals surface area contributed by atoms with Crippen LogP contribution in [0.25, 0.3) is 0 Å². The zero-order valence-electron chi connectivity index (χ0n) is 14.3. The van der Waals surface area contributed by atoms with Gasteiger partial charge in [0.25, 0.3) is 0 Å². The maximum absolute atomic E-state index is 10.1. The number of aliphatic carboxylic acids is 1. The molecule has 0 aliphatic heterocycles. The van der Waals surface area contributed by atoms with Crippen LogP contribution in [-0.2, 0) is 11.3 Å². The molecule has 5 nitrogen and oxygen atoms in total. The predicted octanol–water partition coefficient (Wildman–Crippen LogP) is 3.45. The zero-order chi connectivity index (χ0) is 17.2. The number of carboxylic acid groups (broad SMARTS) is 1. The second-order valence-electron chi connectivity index (χ2n) is 6.19. The molecule has 0 aliphatic carbocycles. The van der Waals surface area contributed by atoms with Gasteiger partial charge in [0.1, 0.15) is 11.5 Å². The molecule has 1 rings (SSSR count). The summed E-state index contributed by atoms with van der Waals surface area (Å²) in [4.78, 5) is 10.1. The lowest BCUT2D eigenvalue weighted by atomic mass is 9.90. The first-order valence-electron chi connectivity index (χ1n) is 7.36. The molecule has 0 aliphatic rings. The van der Waals surface area contributed by atoms with Crippen molar-refractivity contribution in [3.05, 3.63) is 23.8 Å². The Morgan fingerprint density at radius 2 is 1.86 bits per heavy atom. The molecular formula is C17H29NO4. The minimum atomic E-state index is -0.691. The van der Waals surface area contributed by atoms with E-state index in [-0.39, 0.29) is 5.41 Å². The molecular weight excluding hydrogens is 282 g/mol. The highest BCUT2D eigenvalue weighted by Gasteiger charge is 2.10. The Balaban J connectivity index is 0.000000409. The summed E-state index contributed by atoms with van der Waals surface area (Å²) in [5.74, 6) is 0.916. The van der Waals surface area contributed by atoms with Crippen LogP contribution in [0.3, 0.4) is 0 Å². The van der Waals surface area contributed by atoms with Crippen molar-refractivity contribution in [1.29, 1.82) is 0 Å². The van der Waals surface area contributed by atoms with Gasteiger partial charge in [-0.2, -0.15) is 0 Å². The molecule has 5 heteroatoms. The molecule has 0 heterocycles. The van der Waals surface area contributed by atoms with Crippen LogP contribution in [0.2, 0.25) is 0 Å². The van der Waals surface area contributed by atoms with E-state index >= 15 is 0 Å². The summed E-state index contributed by atoms with van der Waals surface area (Å²) in [6.07, 6.45) is 2.08. The van der Waals surface area contributed by atoms with E-state index in [4.69, 9.17) is 20.3 Å². The summed E-state index contributed by atoms with van der Waals surface area (Å²) in [6, 6.07) is 5.57. The summed E-state index contributed by atoms with van der Waals surface area (Å²) in [7, 11) is 3.25. The average molecular weight is 311 g/mol. The third-order valence-corrected chi connectivity index (χ3v) is 3.02. The number of benzene rings is 1. The Morgan fingerprint density at radius 1 is 1.23 bits per heavy atom. The van der Waals surface area contributed by atoms with Gasteiger partial charge in [0, 0.05) is 18.5 Å². The largest absolute Gasteiger partial charge is 0.497 e. The molecule has 0 saturated carbocycles. The lowest BCUT2D eigenvalue weighted by Gasteiger charge is -2.16. The van der Waals surface area contributed by atoms with Gasteiger partial charge in [0.15, 0.2) is 0 Å². The number of hydrogen-bond acceptors (Lipinski definition) is 4. The number of rotatable bonds is 6. The van der Waals surface area contributed by atoms with Crippen LogP contribution in [0, 0.1) is 5.41 Å². The van der Waals surface area contributed by atoms with Gasteiger partial charge in [-0.15, -0.1) is 0 Å². The summed E-state index contributed by atoms with van der Waals surface area (Å²) < 4.78 is 10.1. The lowest BCUT2D eigenvalue weighted by molar-refractivity contribution is -0.137. The molecule has 0 bridgehead atoms. The molecule has 0 atom stereocenters. The van der Waals surface area contributed by atoms with Crippen molar-refractivity contribution in [1.82, 2.24) is 0 Å². The van der Waals surface area contributed by atoms with E-state index in [0.717, 1.165) is 29.9 Å². The highest BCUT2D eigenvalue weighted by molar-refractivity contribution is 5.66. The number of carboxylic acids is 1. The van der Waals surface area contributed by atoms with Gasteiger partial charge < -0.3 is 20.3 Å². The van der Waals surface area contributed by atoms with Crippen molar-refractivity contribution in [3.8, 4) is 11.5 Å². The van der Waals surface area contributed by atoms with Crippen molar-refractivity contribution in [3.63, 3.8) is 0 Å². The highest BCUT2D eigenvalue weighted by atomic mass is 16.5. The molecule has 126 valence electrons. The summed E-state index contributed by atoms with van der Waals surface area (Å²) >= 11 is 0. The van der Waals surface area contributed by atoms with Gasteiger partial charge in [-0.25, -0.2) is 0 Å². The molecule has 1 aromatic carbocycles. The second kappa shape index (κ2) is 10.1. The van der Waals surface area contributed by atoms with Gasteiger partial charge in [-0.3, -0.25) is 4.79 Å². The fourth-order valence-electron chi connectivity index (χ4n) is 1.81. The summed E-state index contributed by atoms with van der Waals surface area (Å²) in [6.45, 7) is 6.82. The first kappa shape index (κ1) is 20.2. The minimum Gasteiger partial charge on any atom is -0.497 e. The van der Waals surface area contributed by atoms with Crippen LogP contribution < -0.4 is 15.2 Å². The normalized spacial score (nSPS) is 10.5.